The third-order valence-corrected chi connectivity index (χ3v) is 6.01. The standard InChI is InChI=1S/C19H27N5O3S/c1-14-9-16(26-4)10-15(2)19(14)28-22(3)7-8-27-12-18(25)23-5-6-24-13-20-21-17(24)11-23/h9-10,13H,5-8,11-12H2,1-4H3. The molecule has 1 aliphatic rings. The highest BCUT2D eigenvalue weighted by atomic mass is 32.2. The molecule has 0 bridgehead atoms. The molecule has 0 unspecified atom stereocenters. The van der Waals surface area contributed by atoms with Gasteiger partial charge in [0.2, 0.25) is 5.91 Å². The minimum atomic E-state index is -0.00796. The van der Waals surface area contributed by atoms with E-state index in [4.69, 9.17) is 9.47 Å². The van der Waals surface area contributed by atoms with E-state index >= 15 is 0 Å². The molecule has 1 aromatic heterocycles. The Labute approximate surface area is 169 Å². The van der Waals surface area contributed by atoms with E-state index in [2.05, 4.69) is 28.4 Å². The highest BCUT2D eigenvalue weighted by Crippen LogP contribution is 2.31. The molecule has 0 spiro atoms. The van der Waals surface area contributed by atoms with Crippen LogP contribution in [-0.2, 0) is 22.6 Å². The van der Waals surface area contributed by atoms with Crippen LogP contribution in [0.5, 0.6) is 5.75 Å². The number of aryl methyl sites for hydroxylation is 2. The zero-order valence-corrected chi connectivity index (χ0v) is 17.7. The minimum absolute atomic E-state index is 0.00796. The van der Waals surface area contributed by atoms with Crippen molar-refractivity contribution < 1.29 is 14.3 Å². The van der Waals surface area contributed by atoms with Crippen LogP contribution in [-0.4, -0.2) is 70.3 Å². The lowest BCUT2D eigenvalue weighted by Crippen LogP contribution is -2.40. The fourth-order valence-electron chi connectivity index (χ4n) is 3.10. The van der Waals surface area contributed by atoms with Gasteiger partial charge in [0.1, 0.15) is 18.7 Å². The van der Waals surface area contributed by atoms with Crippen LogP contribution < -0.4 is 4.74 Å². The molecule has 0 saturated carbocycles. The number of carbonyl (C=O) groups excluding carboxylic acids is 1. The number of nitrogens with zero attached hydrogens (tertiary/aromatic N) is 5. The third kappa shape index (κ3) is 5.03. The molecule has 2 aromatic rings. The lowest BCUT2D eigenvalue weighted by molar-refractivity contribution is -0.137. The molecule has 28 heavy (non-hydrogen) atoms. The van der Waals surface area contributed by atoms with Gasteiger partial charge in [-0.3, -0.25) is 4.79 Å². The van der Waals surface area contributed by atoms with Crippen LogP contribution in [0, 0.1) is 13.8 Å². The Kier molecular flexibility index (Phi) is 6.93. The molecule has 1 aliphatic heterocycles. The van der Waals surface area contributed by atoms with Crippen molar-refractivity contribution >= 4 is 17.9 Å². The molecule has 0 N–H and O–H groups in total. The number of benzene rings is 1. The Balaban J connectivity index is 1.40. The maximum absolute atomic E-state index is 12.3. The first-order valence-corrected chi connectivity index (χ1v) is 10.0. The summed E-state index contributed by atoms with van der Waals surface area (Å²) in [6.45, 7) is 7.36. The van der Waals surface area contributed by atoms with E-state index in [9.17, 15) is 4.79 Å². The van der Waals surface area contributed by atoms with Crippen LogP contribution in [0.2, 0.25) is 0 Å². The molecule has 2 heterocycles. The molecule has 9 heteroatoms. The monoisotopic (exact) mass is 405 g/mol. The zero-order valence-electron chi connectivity index (χ0n) is 16.8. The Hall–Kier alpha value is -2.10. The summed E-state index contributed by atoms with van der Waals surface area (Å²) >= 11 is 1.68. The maximum atomic E-state index is 12.3. The van der Waals surface area contributed by atoms with Crippen molar-refractivity contribution in [2.45, 2.75) is 31.8 Å². The van der Waals surface area contributed by atoms with Crippen LogP contribution in [0.4, 0.5) is 0 Å². The van der Waals surface area contributed by atoms with Crippen molar-refractivity contribution in [1.29, 1.82) is 0 Å². The van der Waals surface area contributed by atoms with Gasteiger partial charge >= 0.3 is 0 Å². The molecule has 0 atom stereocenters. The van der Waals surface area contributed by atoms with Crippen LogP contribution in [0.25, 0.3) is 0 Å². The van der Waals surface area contributed by atoms with Gasteiger partial charge in [-0.05, 0) is 56.1 Å². The molecule has 0 saturated heterocycles. The van der Waals surface area contributed by atoms with E-state index in [0.29, 0.717) is 19.7 Å². The average molecular weight is 406 g/mol. The second-order valence-corrected chi connectivity index (χ2v) is 8.06. The number of carbonyl (C=O) groups is 1. The van der Waals surface area contributed by atoms with Gasteiger partial charge in [0.25, 0.3) is 0 Å². The molecule has 0 aliphatic carbocycles. The average Bonchev–Trinajstić information content (AvgIpc) is 3.15. The van der Waals surface area contributed by atoms with E-state index < -0.39 is 0 Å². The minimum Gasteiger partial charge on any atom is -0.497 e. The molecule has 1 aromatic carbocycles. The number of methoxy groups -OCH3 is 1. The van der Waals surface area contributed by atoms with Crippen molar-refractivity contribution in [1.82, 2.24) is 24.0 Å². The number of aromatic nitrogens is 3. The van der Waals surface area contributed by atoms with Gasteiger partial charge in [0.15, 0.2) is 5.82 Å². The topological polar surface area (TPSA) is 72.7 Å². The highest BCUT2D eigenvalue weighted by Gasteiger charge is 2.21. The highest BCUT2D eigenvalue weighted by molar-refractivity contribution is 7.97. The van der Waals surface area contributed by atoms with Crippen LogP contribution >= 0.6 is 11.9 Å². The molecule has 3 rings (SSSR count). The van der Waals surface area contributed by atoms with E-state index in [1.807, 2.05) is 23.7 Å². The smallest absolute Gasteiger partial charge is 0.249 e. The van der Waals surface area contributed by atoms with Gasteiger partial charge < -0.3 is 18.9 Å². The summed E-state index contributed by atoms with van der Waals surface area (Å²) in [5.74, 6) is 1.69. The molecule has 152 valence electrons. The first kappa shape index (κ1) is 20.6. The quantitative estimate of drug-likeness (QED) is 0.491. The second kappa shape index (κ2) is 9.40. The Bertz CT molecular complexity index is 803. The first-order valence-electron chi connectivity index (χ1n) is 9.24. The summed E-state index contributed by atoms with van der Waals surface area (Å²) in [5, 5.41) is 7.91. The lowest BCUT2D eigenvalue weighted by Gasteiger charge is -2.27. The summed E-state index contributed by atoms with van der Waals surface area (Å²) < 4.78 is 15.0. The van der Waals surface area contributed by atoms with E-state index in [1.165, 1.54) is 16.0 Å². The van der Waals surface area contributed by atoms with Gasteiger partial charge in [-0.25, -0.2) is 4.31 Å². The number of hydrogen-bond acceptors (Lipinski definition) is 7. The summed E-state index contributed by atoms with van der Waals surface area (Å²) in [6.07, 6.45) is 1.70. The third-order valence-electron chi connectivity index (χ3n) is 4.68. The van der Waals surface area contributed by atoms with Gasteiger partial charge in [-0.1, -0.05) is 0 Å². The molecular weight excluding hydrogens is 378 g/mol. The largest absolute Gasteiger partial charge is 0.497 e. The number of amides is 1. The molecule has 0 fully saturated rings. The lowest BCUT2D eigenvalue weighted by atomic mass is 10.1. The van der Waals surface area contributed by atoms with Crippen molar-refractivity contribution in [3.05, 3.63) is 35.4 Å². The second-order valence-electron chi connectivity index (χ2n) is 6.84. The van der Waals surface area contributed by atoms with E-state index in [-0.39, 0.29) is 12.5 Å². The SMILES string of the molecule is COc1cc(C)c(SN(C)CCOCC(=O)N2CCn3cnnc3C2)c(C)c1. The maximum Gasteiger partial charge on any atom is 0.249 e. The van der Waals surface area contributed by atoms with E-state index in [1.54, 1.807) is 30.3 Å². The van der Waals surface area contributed by atoms with Gasteiger partial charge in [0.05, 0.1) is 20.3 Å². The van der Waals surface area contributed by atoms with Gasteiger partial charge in [-0.2, -0.15) is 0 Å². The predicted octanol–water partition coefficient (Wildman–Crippen LogP) is 1.90. The predicted molar refractivity (Wildman–Crippen MR) is 107 cm³/mol. The van der Waals surface area contributed by atoms with Crippen LogP contribution in [0.1, 0.15) is 17.0 Å². The summed E-state index contributed by atoms with van der Waals surface area (Å²) in [6, 6.07) is 4.08. The number of rotatable bonds is 8. The van der Waals surface area contributed by atoms with Gasteiger partial charge in [-0.15, -0.1) is 10.2 Å². The van der Waals surface area contributed by atoms with Crippen LogP contribution in [0.3, 0.4) is 0 Å². The Morgan fingerprint density at radius 1 is 1.29 bits per heavy atom. The summed E-state index contributed by atoms with van der Waals surface area (Å²) in [7, 11) is 3.71. The molecule has 8 nitrogen and oxygen atoms in total. The van der Waals surface area contributed by atoms with Crippen molar-refractivity contribution in [2.24, 2.45) is 0 Å². The van der Waals surface area contributed by atoms with E-state index in [0.717, 1.165) is 24.7 Å². The van der Waals surface area contributed by atoms with Gasteiger partial charge in [0, 0.05) is 24.5 Å². The zero-order chi connectivity index (χ0) is 20.1. The fraction of sp³-hybridized carbons (Fsp3) is 0.526. The summed E-state index contributed by atoms with van der Waals surface area (Å²) in [5.41, 5.74) is 2.37. The number of hydrogen-bond donors (Lipinski definition) is 0. The summed E-state index contributed by atoms with van der Waals surface area (Å²) in [4.78, 5) is 15.3. The molecule has 1 amide bonds. The van der Waals surface area contributed by atoms with Crippen molar-refractivity contribution in [3.8, 4) is 5.75 Å². The normalized spacial score (nSPS) is 13.7. The fourth-order valence-corrected chi connectivity index (χ4v) is 3.98. The Morgan fingerprint density at radius 3 is 2.75 bits per heavy atom. The molecular formula is C19H27N5O3S. The number of likely N-dealkylation sites (N-methyl/N-ethyl adjacent to an activating group) is 1. The van der Waals surface area contributed by atoms with Crippen molar-refractivity contribution in [2.75, 3.05) is 40.5 Å². The van der Waals surface area contributed by atoms with Crippen LogP contribution in [0.15, 0.2) is 23.4 Å². The number of fused-ring (bicyclic) bond motifs is 1. The first-order chi connectivity index (χ1) is 13.5. The van der Waals surface area contributed by atoms with Crippen molar-refractivity contribution in [3.63, 3.8) is 0 Å². The number of ether oxygens (including phenoxy) is 2. The Morgan fingerprint density at radius 2 is 2.04 bits per heavy atom. The molecule has 0 radical (unpaired) electrons.